The predicted octanol–water partition coefficient (Wildman–Crippen LogP) is 1.48. The molecule has 108 valence electrons. The van der Waals surface area contributed by atoms with Gasteiger partial charge < -0.3 is 14.8 Å². The second-order valence-corrected chi connectivity index (χ2v) is 4.22. The van der Waals surface area contributed by atoms with Crippen molar-refractivity contribution in [1.29, 1.82) is 0 Å². The third-order valence-corrected chi connectivity index (χ3v) is 2.87. The van der Waals surface area contributed by atoms with Crippen LogP contribution in [0.25, 0.3) is 0 Å². The van der Waals surface area contributed by atoms with E-state index in [-0.39, 0.29) is 0 Å². The largest absolute Gasteiger partial charge is 0.493 e. The lowest BCUT2D eigenvalue weighted by molar-refractivity contribution is 0.308. The van der Waals surface area contributed by atoms with Gasteiger partial charge in [0, 0.05) is 24.8 Å². The van der Waals surface area contributed by atoms with E-state index in [1.54, 1.807) is 18.0 Å². The molecule has 0 fully saturated rings. The molecule has 2 aromatic rings. The molecular weight excluding hydrogens is 256 g/mol. The molecule has 0 saturated carbocycles. The van der Waals surface area contributed by atoms with Gasteiger partial charge in [0.2, 0.25) is 0 Å². The van der Waals surface area contributed by atoms with Gasteiger partial charge in [0.05, 0.1) is 26.5 Å². The van der Waals surface area contributed by atoms with Crippen LogP contribution in [0.15, 0.2) is 30.6 Å². The van der Waals surface area contributed by atoms with Crippen molar-refractivity contribution >= 4 is 0 Å². The third kappa shape index (κ3) is 3.71. The van der Waals surface area contributed by atoms with E-state index in [0.29, 0.717) is 6.61 Å². The van der Waals surface area contributed by atoms with Crippen LogP contribution in [0.5, 0.6) is 11.5 Å². The average molecular weight is 276 g/mol. The van der Waals surface area contributed by atoms with Gasteiger partial charge in [-0.25, -0.2) is 0 Å². The summed E-state index contributed by atoms with van der Waals surface area (Å²) in [5, 5.41) is 11.0. The fourth-order valence-corrected chi connectivity index (χ4v) is 1.97. The summed E-state index contributed by atoms with van der Waals surface area (Å²) in [5.41, 5.74) is 1.08. The molecule has 0 saturated heterocycles. The molecule has 0 amide bonds. The average Bonchev–Trinajstić information content (AvgIpc) is 2.97. The molecule has 20 heavy (non-hydrogen) atoms. The van der Waals surface area contributed by atoms with E-state index in [1.807, 2.05) is 31.3 Å². The topological polar surface area (TPSA) is 61.2 Å². The van der Waals surface area contributed by atoms with Gasteiger partial charge in [0.1, 0.15) is 0 Å². The standard InChI is InChI=1S/C14H20N4O2/c1-3-20-13-6-4-5-12(14(13)19-2)11-15-7-9-18-10-8-16-17-18/h4-6,8,10,15H,3,7,9,11H2,1-2H3. The molecule has 0 aliphatic carbocycles. The van der Waals surface area contributed by atoms with E-state index in [1.165, 1.54) is 0 Å². The quantitative estimate of drug-likeness (QED) is 0.740. The van der Waals surface area contributed by atoms with Crippen LogP contribution >= 0.6 is 0 Å². The molecule has 1 N–H and O–H groups in total. The molecule has 6 heteroatoms. The van der Waals surface area contributed by atoms with E-state index in [0.717, 1.165) is 36.7 Å². The first kappa shape index (κ1) is 14.3. The SMILES string of the molecule is CCOc1cccc(CNCCn2ccnn2)c1OC. The zero-order chi connectivity index (χ0) is 14.2. The van der Waals surface area contributed by atoms with Gasteiger partial charge in [0.15, 0.2) is 11.5 Å². The van der Waals surface area contributed by atoms with E-state index in [4.69, 9.17) is 9.47 Å². The van der Waals surface area contributed by atoms with Crippen LogP contribution in [0.3, 0.4) is 0 Å². The molecule has 2 rings (SSSR count). The first-order valence-corrected chi connectivity index (χ1v) is 6.68. The Morgan fingerprint density at radius 3 is 2.95 bits per heavy atom. The van der Waals surface area contributed by atoms with Gasteiger partial charge in [-0.05, 0) is 13.0 Å². The van der Waals surface area contributed by atoms with Crippen molar-refractivity contribution in [3.8, 4) is 11.5 Å². The van der Waals surface area contributed by atoms with E-state index in [9.17, 15) is 0 Å². The Hall–Kier alpha value is -2.08. The van der Waals surface area contributed by atoms with Gasteiger partial charge in [-0.15, -0.1) is 5.10 Å². The Kier molecular flexibility index (Phi) is 5.37. The smallest absolute Gasteiger partial charge is 0.165 e. The summed E-state index contributed by atoms with van der Waals surface area (Å²) in [5.74, 6) is 1.58. The number of methoxy groups -OCH3 is 1. The number of para-hydroxylation sites is 1. The molecule has 0 radical (unpaired) electrons. The summed E-state index contributed by atoms with van der Waals surface area (Å²) >= 11 is 0. The minimum atomic E-state index is 0.625. The third-order valence-electron chi connectivity index (χ3n) is 2.87. The molecular formula is C14H20N4O2. The molecule has 1 aromatic carbocycles. The molecule has 0 unspecified atom stereocenters. The zero-order valence-corrected chi connectivity index (χ0v) is 11.9. The lowest BCUT2D eigenvalue weighted by Crippen LogP contribution is -2.20. The Bertz CT molecular complexity index is 514. The molecule has 0 aliphatic rings. The summed E-state index contributed by atoms with van der Waals surface area (Å²) < 4.78 is 12.8. The Morgan fingerprint density at radius 2 is 2.25 bits per heavy atom. The summed E-state index contributed by atoms with van der Waals surface area (Å²) in [4.78, 5) is 0. The highest BCUT2D eigenvalue weighted by atomic mass is 16.5. The van der Waals surface area contributed by atoms with Crippen LogP contribution in [0, 0.1) is 0 Å². The van der Waals surface area contributed by atoms with E-state index < -0.39 is 0 Å². The van der Waals surface area contributed by atoms with Crippen molar-refractivity contribution in [2.45, 2.75) is 20.0 Å². The number of benzene rings is 1. The first-order chi connectivity index (χ1) is 9.85. The summed E-state index contributed by atoms with van der Waals surface area (Å²) in [6.07, 6.45) is 3.52. The van der Waals surface area contributed by atoms with E-state index in [2.05, 4.69) is 15.6 Å². The molecule has 0 bridgehead atoms. The summed E-state index contributed by atoms with van der Waals surface area (Å²) in [6.45, 7) is 4.90. The van der Waals surface area contributed by atoms with E-state index >= 15 is 0 Å². The monoisotopic (exact) mass is 276 g/mol. The summed E-state index contributed by atoms with van der Waals surface area (Å²) in [7, 11) is 1.66. The normalized spacial score (nSPS) is 10.5. The second kappa shape index (κ2) is 7.49. The lowest BCUT2D eigenvalue weighted by atomic mass is 10.2. The number of ether oxygens (including phenoxy) is 2. The van der Waals surface area contributed by atoms with Gasteiger partial charge >= 0.3 is 0 Å². The highest BCUT2D eigenvalue weighted by Gasteiger charge is 2.09. The van der Waals surface area contributed by atoms with Crippen LogP contribution in [-0.4, -0.2) is 35.3 Å². The first-order valence-electron chi connectivity index (χ1n) is 6.68. The highest BCUT2D eigenvalue weighted by molar-refractivity contribution is 5.46. The van der Waals surface area contributed by atoms with Crippen molar-refractivity contribution in [1.82, 2.24) is 20.3 Å². The fraction of sp³-hybridized carbons (Fsp3) is 0.429. The molecule has 0 atom stereocenters. The number of nitrogens with one attached hydrogen (secondary N) is 1. The summed E-state index contributed by atoms with van der Waals surface area (Å²) in [6, 6.07) is 5.92. The maximum absolute atomic E-state index is 5.56. The Labute approximate surface area is 118 Å². The number of hydrogen-bond acceptors (Lipinski definition) is 5. The number of rotatable bonds is 8. The maximum Gasteiger partial charge on any atom is 0.165 e. The molecule has 0 aliphatic heterocycles. The van der Waals surface area contributed by atoms with Crippen LogP contribution in [0.1, 0.15) is 12.5 Å². The van der Waals surface area contributed by atoms with Crippen molar-refractivity contribution in [2.24, 2.45) is 0 Å². The molecule has 0 spiro atoms. The molecule has 6 nitrogen and oxygen atoms in total. The van der Waals surface area contributed by atoms with Gasteiger partial charge in [0.25, 0.3) is 0 Å². The van der Waals surface area contributed by atoms with Crippen LogP contribution in [-0.2, 0) is 13.1 Å². The van der Waals surface area contributed by atoms with Crippen LogP contribution < -0.4 is 14.8 Å². The van der Waals surface area contributed by atoms with Crippen molar-refractivity contribution in [2.75, 3.05) is 20.3 Å². The Morgan fingerprint density at radius 1 is 1.35 bits per heavy atom. The minimum Gasteiger partial charge on any atom is -0.493 e. The zero-order valence-electron chi connectivity index (χ0n) is 11.9. The molecule has 1 aromatic heterocycles. The van der Waals surface area contributed by atoms with Gasteiger partial charge in [-0.3, -0.25) is 4.68 Å². The van der Waals surface area contributed by atoms with Crippen molar-refractivity contribution in [3.05, 3.63) is 36.2 Å². The predicted molar refractivity (Wildman–Crippen MR) is 75.9 cm³/mol. The Balaban J connectivity index is 1.90. The fourth-order valence-electron chi connectivity index (χ4n) is 1.97. The van der Waals surface area contributed by atoms with Crippen LogP contribution in [0.2, 0.25) is 0 Å². The minimum absolute atomic E-state index is 0.625. The highest BCUT2D eigenvalue weighted by Crippen LogP contribution is 2.30. The second-order valence-electron chi connectivity index (χ2n) is 4.22. The van der Waals surface area contributed by atoms with Crippen LogP contribution in [0.4, 0.5) is 0 Å². The lowest BCUT2D eigenvalue weighted by Gasteiger charge is -2.14. The molecule has 1 heterocycles. The van der Waals surface area contributed by atoms with Crippen molar-refractivity contribution in [3.63, 3.8) is 0 Å². The van der Waals surface area contributed by atoms with Crippen molar-refractivity contribution < 1.29 is 9.47 Å². The van der Waals surface area contributed by atoms with Gasteiger partial charge in [-0.2, -0.15) is 0 Å². The number of aromatic nitrogens is 3. The number of hydrogen-bond donors (Lipinski definition) is 1. The number of nitrogens with zero attached hydrogens (tertiary/aromatic N) is 3. The van der Waals surface area contributed by atoms with Gasteiger partial charge in [-0.1, -0.05) is 17.3 Å². The maximum atomic E-state index is 5.56.